The van der Waals surface area contributed by atoms with Gasteiger partial charge in [-0.2, -0.15) is 0 Å². The zero-order valence-corrected chi connectivity index (χ0v) is 16.5. The summed E-state index contributed by atoms with van der Waals surface area (Å²) >= 11 is 0. The predicted molar refractivity (Wildman–Crippen MR) is 106 cm³/mol. The molecule has 2 saturated heterocycles. The van der Waals surface area contributed by atoms with E-state index in [1.807, 2.05) is 30.3 Å². The van der Waals surface area contributed by atoms with E-state index >= 15 is 0 Å². The van der Waals surface area contributed by atoms with E-state index in [2.05, 4.69) is 5.32 Å². The molecule has 0 radical (unpaired) electrons. The van der Waals surface area contributed by atoms with Gasteiger partial charge in [-0.3, -0.25) is 9.59 Å². The zero-order valence-electron chi connectivity index (χ0n) is 16.5. The second-order valence-corrected chi connectivity index (χ2v) is 7.26. The summed E-state index contributed by atoms with van der Waals surface area (Å²) in [5.74, 6) is 0.845. The minimum Gasteiger partial charge on any atom is -0.493 e. The number of likely N-dealkylation sites (tertiary alicyclic amines) is 1. The standard InChI is InChI=1S/C22H24N2O5/c1-27-17-9-8-15(12-18(17)28-2)21(26)24-11-10-22(16-6-4-3-5-7-16)19(13-24)29-14-20(25)23-22/h3-9,12,19H,10-11,13-14H2,1-2H3,(H,23,25)/t19-,22+/m1/s1. The molecule has 1 N–H and O–H groups in total. The monoisotopic (exact) mass is 396 g/mol. The van der Waals surface area contributed by atoms with Crippen LogP contribution in [-0.2, 0) is 15.1 Å². The Morgan fingerprint density at radius 3 is 2.62 bits per heavy atom. The molecule has 0 unspecified atom stereocenters. The van der Waals surface area contributed by atoms with Gasteiger partial charge in [0.2, 0.25) is 5.91 Å². The van der Waals surface area contributed by atoms with E-state index in [1.165, 1.54) is 0 Å². The summed E-state index contributed by atoms with van der Waals surface area (Å²) in [5, 5.41) is 3.14. The molecule has 2 aliphatic heterocycles. The molecule has 4 rings (SSSR count). The van der Waals surface area contributed by atoms with E-state index in [0.717, 1.165) is 5.56 Å². The lowest BCUT2D eigenvalue weighted by molar-refractivity contribution is -0.150. The van der Waals surface area contributed by atoms with Crippen LogP contribution in [0.5, 0.6) is 11.5 Å². The van der Waals surface area contributed by atoms with E-state index in [0.29, 0.717) is 36.6 Å². The lowest BCUT2D eigenvalue weighted by Gasteiger charge is -2.50. The summed E-state index contributed by atoms with van der Waals surface area (Å²) in [5.41, 5.74) is 0.899. The van der Waals surface area contributed by atoms with E-state index in [1.54, 1.807) is 37.3 Å². The third-order valence-electron chi connectivity index (χ3n) is 5.70. The number of nitrogens with one attached hydrogen (secondary N) is 1. The summed E-state index contributed by atoms with van der Waals surface area (Å²) in [4.78, 5) is 27.0. The number of rotatable bonds is 4. The van der Waals surface area contributed by atoms with Crippen LogP contribution in [0.1, 0.15) is 22.3 Å². The van der Waals surface area contributed by atoms with Crippen molar-refractivity contribution in [1.29, 1.82) is 0 Å². The molecule has 2 amide bonds. The molecule has 2 atom stereocenters. The van der Waals surface area contributed by atoms with Gasteiger partial charge < -0.3 is 24.4 Å². The number of hydrogen-bond acceptors (Lipinski definition) is 5. The molecule has 29 heavy (non-hydrogen) atoms. The molecular formula is C22H24N2O5. The van der Waals surface area contributed by atoms with Gasteiger partial charge in [-0.1, -0.05) is 30.3 Å². The number of ether oxygens (including phenoxy) is 3. The van der Waals surface area contributed by atoms with Crippen molar-refractivity contribution in [3.8, 4) is 11.5 Å². The molecule has 0 spiro atoms. The maximum Gasteiger partial charge on any atom is 0.254 e. The number of carbonyl (C=O) groups excluding carboxylic acids is 2. The summed E-state index contributed by atoms with van der Waals surface area (Å²) in [7, 11) is 3.10. The van der Waals surface area contributed by atoms with Crippen molar-refractivity contribution in [2.45, 2.75) is 18.1 Å². The minimum absolute atomic E-state index is 0.00234. The first kappa shape index (κ1) is 19.3. The number of amides is 2. The highest BCUT2D eigenvalue weighted by atomic mass is 16.5. The van der Waals surface area contributed by atoms with Crippen LogP contribution in [0.15, 0.2) is 48.5 Å². The Labute approximate surface area is 169 Å². The van der Waals surface area contributed by atoms with E-state index in [9.17, 15) is 9.59 Å². The van der Waals surface area contributed by atoms with Gasteiger partial charge >= 0.3 is 0 Å². The van der Waals surface area contributed by atoms with Crippen LogP contribution in [0.25, 0.3) is 0 Å². The Bertz CT molecular complexity index is 917. The smallest absolute Gasteiger partial charge is 0.254 e. The van der Waals surface area contributed by atoms with Gasteiger partial charge in [0.05, 0.1) is 19.8 Å². The summed E-state index contributed by atoms with van der Waals surface area (Å²) in [6, 6.07) is 15.0. The fourth-order valence-electron chi connectivity index (χ4n) is 4.19. The Morgan fingerprint density at radius 2 is 1.90 bits per heavy atom. The Balaban J connectivity index is 1.59. The van der Waals surface area contributed by atoms with Crippen molar-refractivity contribution in [2.75, 3.05) is 33.9 Å². The lowest BCUT2D eigenvalue weighted by atomic mass is 9.77. The Hall–Kier alpha value is -3.06. The predicted octanol–water partition coefficient (Wildman–Crippen LogP) is 1.96. The van der Waals surface area contributed by atoms with Crippen molar-refractivity contribution in [2.24, 2.45) is 0 Å². The van der Waals surface area contributed by atoms with Crippen molar-refractivity contribution in [1.82, 2.24) is 10.2 Å². The zero-order chi connectivity index (χ0) is 20.4. The number of morpholine rings is 1. The molecule has 0 saturated carbocycles. The van der Waals surface area contributed by atoms with Crippen molar-refractivity contribution in [3.63, 3.8) is 0 Å². The van der Waals surface area contributed by atoms with Crippen LogP contribution in [0, 0.1) is 0 Å². The molecule has 0 aromatic heterocycles. The number of nitrogens with zero attached hydrogens (tertiary/aromatic N) is 1. The van der Waals surface area contributed by atoms with Gasteiger partial charge in [0.1, 0.15) is 12.7 Å². The molecule has 7 heteroatoms. The molecule has 0 bridgehead atoms. The third kappa shape index (κ3) is 3.42. The molecule has 7 nitrogen and oxygen atoms in total. The first-order chi connectivity index (χ1) is 14.1. The van der Waals surface area contributed by atoms with Gasteiger partial charge in [0, 0.05) is 18.7 Å². The number of fused-ring (bicyclic) bond motifs is 1. The highest BCUT2D eigenvalue weighted by Crippen LogP contribution is 2.37. The number of piperidine rings is 1. The first-order valence-electron chi connectivity index (χ1n) is 9.57. The van der Waals surface area contributed by atoms with Crippen LogP contribution in [0.4, 0.5) is 0 Å². The average molecular weight is 396 g/mol. The fourth-order valence-corrected chi connectivity index (χ4v) is 4.19. The van der Waals surface area contributed by atoms with Gasteiger partial charge in [0.15, 0.2) is 11.5 Å². The van der Waals surface area contributed by atoms with Gasteiger partial charge in [0.25, 0.3) is 5.91 Å². The summed E-state index contributed by atoms with van der Waals surface area (Å²) < 4.78 is 16.5. The van der Waals surface area contributed by atoms with Crippen LogP contribution >= 0.6 is 0 Å². The number of hydrogen-bond donors (Lipinski definition) is 1. The molecule has 2 fully saturated rings. The van der Waals surface area contributed by atoms with E-state index in [4.69, 9.17) is 14.2 Å². The van der Waals surface area contributed by atoms with E-state index < -0.39 is 5.54 Å². The average Bonchev–Trinajstić information content (AvgIpc) is 2.78. The fraction of sp³-hybridized carbons (Fsp3) is 0.364. The third-order valence-corrected chi connectivity index (χ3v) is 5.70. The number of carbonyl (C=O) groups is 2. The number of benzene rings is 2. The Morgan fingerprint density at radius 1 is 1.14 bits per heavy atom. The quantitative estimate of drug-likeness (QED) is 0.855. The summed E-state index contributed by atoms with van der Waals surface area (Å²) in [6.07, 6.45) is 0.257. The van der Waals surface area contributed by atoms with E-state index in [-0.39, 0.29) is 24.5 Å². The van der Waals surface area contributed by atoms with Crippen molar-refractivity contribution < 1.29 is 23.8 Å². The molecule has 2 aromatic carbocycles. The molecule has 2 aliphatic rings. The maximum atomic E-state index is 13.1. The van der Waals surface area contributed by atoms with Crippen LogP contribution in [-0.4, -0.2) is 56.7 Å². The Kier molecular flexibility index (Phi) is 5.15. The summed E-state index contributed by atoms with van der Waals surface area (Å²) in [6.45, 7) is 0.891. The van der Waals surface area contributed by atoms with Crippen LogP contribution < -0.4 is 14.8 Å². The first-order valence-corrected chi connectivity index (χ1v) is 9.57. The van der Waals surface area contributed by atoms with Gasteiger partial charge in [-0.25, -0.2) is 0 Å². The topological polar surface area (TPSA) is 77.1 Å². The van der Waals surface area contributed by atoms with Crippen molar-refractivity contribution in [3.05, 3.63) is 59.7 Å². The SMILES string of the molecule is COc1ccc(C(=O)N2CC[C@@]3(c4ccccc4)NC(=O)CO[C@@H]3C2)cc1OC. The molecule has 2 heterocycles. The molecular weight excluding hydrogens is 372 g/mol. The second-order valence-electron chi connectivity index (χ2n) is 7.26. The maximum absolute atomic E-state index is 13.1. The van der Waals surface area contributed by atoms with Crippen LogP contribution in [0.3, 0.4) is 0 Å². The van der Waals surface area contributed by atoms with Gasteiger partial charge in [-0.15, -0.1) is 0 Å². The largest absolute Gasteiger partial charge is 0.493 e. The minimum atomic E-state index is -0.620. The molecule has 0 aliphatic carbocycles. The molecule has 152 valence electrons. The number of methoxy groups -OCH3 is 2. The second kappa shape index (κ2) is 7.75. The highest BCUT2D eigenvalue weighted by molar-refractivity contribution is 5.95. The van der Waals surface area contributed by atoms with Crippen molar-refractivity contribution >= 4 is 11.8 Å². The molecule has 2 aromatic rings. The highest BCUT2D eigenvalue weighted by Gasteiger charge is 2.49. The van der Waals surface area contributed by atoms with Gasteiger partial charge in [-0.05, 0) is 30.2 Å². The normalized spacial score (nSPS) is 23.7. The lowest BCUT2D eigenvalue weighted by Crippen LogP contribution is -2.67. The van der Waals surface area contributed by atoms with Crippen LogP contribution in [0.2, 0.25) is 0 Å².